The zero-order chi connectivity index (χ0) is 15.1. The van der Waals surface area contributed by atoms with Gasteiger partial charge in [0.05, 0.1) is 6.10 Å². The molecule has 0 radical (unpaired) electrons. The molecule has 21 heavy (non-hydrogen) atoms. The van der Waals surface area contributed by atoms with Gasteiger partial charge < -0.3 is 21.1 Å². The van der Waals surface area contributed by atoms with Crippen LogP contribution in [0.2, 0.25) is 0 Å². The monoisotopic (exact) mass is 291 g/mol. The van der Waals surface area contributed by atoms with Gasteiger partial charge in [-0.1, -0.05) is 18.2 Å². The van der Waals surface area contributed by atoms with Crippen molar-refractivity contribution in [1.29, 1.82) is 0 Å². The zero-order valence-electron chi connectivity index (χ0n) is 12.5. The Morgan fingerprint density at radius 3 is 2.57 bits per heavy atom. The van der Waals surface area contributed by atoms with E-state index in [4.69, 9.17) is 0 Å². The van der Waals surface area contributed by atoms with E-state index < -0.39 is 0 Å². The molecule has 1 saturated carbocycles. The molecule has 1 aliphatic carbocycles. The summed E-state index contributed by atoms with van der Waals surface area (Å²) in [6.07, 6.45) is 3.06. The van der Waals surface area contributed by atoms with E-state index >= 15 is 0 Å². The molecular formula is C16H25N3O2. The minimum absolute atomic E-state index is 0.0411. The quantitative estimate of drug-likeness (QED) is 0.671. The van der Waals surface area contributed by atoms with Crippen LogP contribution in [-0.4, -0.2) is 35.9 Å². The number of benzene rings is 1. The van der Waals surface area contributed by atoms with Crippen molar-refractivity contribution in [3.63, 3.8) is 0 Å². The highest BCUT2D eigenvalue weighted by Crippen LogP contribution is 2.18. The van der Waals surface area contributed by atoms with Crippen LogP contribution in [0.5, 0.6) is 0 Å². The van der Waals surface area contributed by atoms with E-state index in [-0.39, 0.29) is 24.2 Å². The number of aliphatic hydroxyl groups excluding tert-OH is 1. The SMILES string of the molecule is C[C@H](CNc1ccccc1)NC(=O)NC1CCC(O)CC1. The van der Waals surface area contributed by atoms with Gasteiger partial charge in [-0.3, -0.25) is 0 Å². The van der Waals surface area contributed by atoms with Crippen LogP contribution in [-0.2, 0) is 0 Å². The third-order valence-corrected chi connectivity index (χ3v) is 3.80. The number of rotatable bonds is 5. The number of hydrogen-bond donors (Lipinski definition) is 4. The number of nitrogens with one attached hydrogen (secondary N) is 3. The first kappa shape index (κ1) is 15.6. The van der Waals surface area contributed by atoms with Crippen LogP contribution in [0.15, 0.2) is 30.3 Å². The van der Waals surface area contributed by atoms with Crippen molar-refractivity contribution in [3.05, 3.63) is 30.3 Å². The number of urea groups is 1. The Morgan fingerprint density at radius 2 is 1.90 bits per heavy atom. The van der Waals surface area contributed by atoms with E-state index in [0.29, 0.717) is 6.54 Å². The van der Waals surface area contributed by atoms with Gasteiger partial charge in [-0.15, -0.1) is 0 Å². The highest BCUT2D eigenvalue weighted by atomic mass is 16.3. The van der Waals surface area contributed by atoms with Crippen molar-refractivity contribution in [2.24, 2.45) is 0 Å². The summed E-state index contributed by atoms with van der Waals surface area (Å²) >= 11 is 0. The van der Waals surface area contributed by atoms with Crippen LogP contribution in [0.3, 0.4) is 0 Å². The van der Waals surface area contributed by atoms with Gasteiger partial charge in [-0.05, 0) is 44.7 Å². The predicted octanol–water partition coefficient (Wildman–Crippen LogP) is 2.09. The fourth-order valence-corrected chi connectivity index (χ4v) is 2.55. The van der Waals surface area contributed by atoms with Gasteiger partial charge in [0.25, 0.3) is 0 Å². The number of anilines is 1. The maximum absolute atomic E-state index is 11.9. The summed E-state index contributed by atoms with van der Waals surface area (Å²) in [5.41, 5.74) is 1.05. The number of carbonyl (C=O) groups excluding carboxylic acids is 1. The normalized spacial score (nSPS) is 23.1. The average molecular weight is 291 g/mol. The van der Waals surface area contributed by atoms with Crippen molar-refractivity contribution >= 4 is 11.7 Å². The Hall–Kier alpha value is -1.75. The number of para-hydroxylation sites is 1. The van der Waals surface area contributed by atoms with Crippen molar-refractivity contribution in [3.8, 4) is 0 Å². The zero-order valence-corrected chi connectivity index (χ0v) is 12.5. The van der Waals surface area contributed by atoms with Crippen LogP contribution < -0.4 is 16.0 Å². The molecule has 1 atom stereocenters. The molecule has 0 aromatic heterocycles. The van der Waals surface area contributed by atoms with Gasteiger partial charge >= 0.3 is 6.03 Å². The maximum atomic E-state index is 11.9. The molecule has 116 valence electrons. The molecule has 5 heteroatoms. The number of carbonyl (C=O) groups is 1. The van der Waals surface area contributed by atoms with E-state index in [1.165, 1.54) is 0 Å². The lowest BCUT2D eigenvalue weighted by atomic mass is 9.93. The van der Waals surface area contributed by atoms with Crippen LogP contribution >= 0.6 is 0 Å². The molecule has 4 N–H and O–H groups in total. The van der Waals surface area contributed by atoms with Gasteiger partial charge in [0.2, 0.25) is 0 Å². The van der Waals surface area contributed by atoms with Gasteiger partial charge in [-0.2, -0.15) is 0 Å². The lowest BCUT2D eigenvalue weighted by Gasteiger charge is -2.27. The van der Waals surface area contributed by atoms with Gasteiger partial charge in [0.15, 0.2) is 0 Å². The van der Waals surface area contributed by atoms with Crippen molar-refractivity contribution in [2.75, 3.05) is 11.9 Å². The molecule has 1 aliphatic rings. The van der Waals surface area contributed by atoms with E-state index in [2.05, 4.69) is 16.0 Å². The number of amides is 2. The molecule has 0 heterocycles. The molecule has 1 aromatic rings. The lowest BCUT2D eigenvalue weighted by molar-refractivity contribution is 0.117. The van der Waals surface area contributed by atoms with Crippen LogP contribution in [0.1, 0.15) is 32.6 Å². The highest BCUT2D eigenvalue weighted by molar-refractivity contribution is 5.74. The molecule has 1 aromatic carbocycles. The van der Waals surface area contributed by atoms with Crippen LogP contribution in [0.4, 0.5) is 10.5 Å². The summed E-state index contributed by atoms with van der Waals surface area (Å²) in [6, 6.07) is 10.0. The Bertz CT molecular complexity index is 430. The molecule has 2 amide bonds. The Labute approximate surface area is 126 Å². The summed E-state index contributed by atoms with van der Waals surface area (Å²) in [5.74, 6) is 0. The summed E-state index contributed by atoms with van der Waals surface area (Å²) in [6.45, 7) is 2.65. The van der Waals surface area contributed by atoms with Gasteiger partial charge in [0.1, 0.15) is 0 Å². The van der Waals surface area contributed by atoms with Crippen molar-refractivity contribution < 1.29 is 9.90 Å². The molecule has 1 fully saturated rings. The first-order chi connectivity index (χ1) is 10.1. The number of hydrogen-bond acceptors (Lipinski definition) is 3. The molecule has 5 nitrogen and oxygen atoms in total. The van der Waals surface area contributed by atoms with Crippen LogP contribution in [0, 0.1) is 0 Å². The first-order valence-corrected chi connectivity index (χ1v) is 7.67. The minimum Gasteiger partial charge on any atom is -0.393 e. The van der Waals surface area contributed by atoms with Crippen LogP contribution in [0.25, 0.3) is 0 Å². The second kappa shape index (κ2) is 7.88. The second-order valence-corrected chi connectivity index (χ2v) is 5.77. The first-order valence-electron chi connectivity index (χ1n) is 7.67. The molecular weight excluding hydrogens is 266 g/mol. The third kappa shape index (κ3) is 5.63. The van der Waals surface area contributed by atoms with Gasteiger partial charge in [-0.25, -0.2) is 4.79 Å². The fourth-order valence-electron chi connectivity index (χ4n) is 2.55. The Kier molecular flexibility index (Phi) is 5.87. The average Bonchev–Trinajstić information content (AvgIpc) is 2.48. The molecule has 0 unspecified atom stereocenters. The van der Waals surface area contributed by atoms with Crippen molar-refractivity contribution in [1.82, 2.24) is 10.6 Å². The standard InChI is InChI=1S/C16H25N3O2/c1-12(11-17-13-5-3-2-4-6-13)18-16(21)19-14-7-9-15(20)10-8-14/h2-6,12,14-15,17,20H,7-11H2,1H3,(H2,18,19,21)/t12-,14?,15?/m1/s1. The van der Waals surface area contributed by atoms with Crippen molar-refractivity contribution in [2.45, 2.75) is 50.8 Å². The minimum atomic E-state index is -0.194. The van der Waals surface area contributed by atoms with E-state index in [1.54, 1.807) is 0 Å². The summed E-state index contributed by atoms with van der Waals surface area (Å²) < 4.78 is 0. The third-order valence-electron chi connectivity index (χ3n) is 3.80. The fraction of sp³-hybridized carbons (Fsp3) is 0.562. The molecule has 0 bridgehead atoms. The second-order valence-electron chi connectivity index (χ2n) is 5.77. The topological polar surface area (TPSA) is 73.4 Å². The smallest absolute Gasteiger partial charge is 0.315 e. The predicted molar refractivity (Wildman–Crippen MR) is 84.3 cm³/mol. The summed E-state index contributed by atoms with van der Waals surface area (Å²) in [5, 5.41) is 18.6. The molecule has 0 aliphatic heterocycles. The van der Waals surface area contributed by atoms with E-state index in [1.807, 2.05) is 37.3 Å². The highest BCUT2D eigenvalue weighted by Gasteiger charge is 2.21. The van der Waals surface area contributed by atoms with Gasteiger partial charge in [0, 0.05) is 24.3 Å². The summed E-state index contributed by atoms with van der Waals surface area (Å²) in [4.78, 5) is 11.9. The lowest BCUT2D eigenvalue weighted by Crippen LogP contribution is -2.48. The Balaban J connectivity index is 1.65. The molecule has 0 saturated heterocycles. The molecule has 0 spiro atoms. The molecule has 2 rings (SSSR count). The maximum Gasteiger partial charge on any atom is 0.315 e. The largest absolute Gasteiger partial charge is 0.393 e. The summed E-state index contributed by atoms with van der Waals surface area (Å²) in [7, 11) is 0. The Morgan fingerprint density at radius 1 is 1.24 bits per heavy atom. The number of aliphatic hydroxyl groups is 1. The van der Waals surface area contributed by atoms with E-state index in [9.17, 15) is 9.90 Å². The van der Waals surface area contributed by atoms with E-state index in [0.717, 1.165) is 31.4 Å².